The molecule has 0 amide bonds. The number of hydrogen-bond acceptors (Lipinski definition) is 2. The summed E-state index contributed by atoms with van der Waals surface area (Å²) < 4.78 is 1.37. The summed E-state index contributed by atoms with van der Waals surface area (Å²) in [5.41, 5.74) is 0. The van der Waals surface area contributed by atoms with Crippen LogP contribution >= 0.6 is 11.3 Å². The first-order chi connectivity index (χ1) is 5.88. The highest BCUT2D eigenvalue weighted by Gasteiger charge is 1.87. The molecule has 2 heteroatoms. The molecule has 64 valence electrons. The van der Waals surface area contributed by atoms with Crippen molar-refractivity contribution in [2.45, 2.75) is 0 Å². The highest BCUT2D eigenvalue weighted by Crippen LogP contribution is 2.18. The number of nitrogens with one attached hydrogen (secondary N) is 1. The van der Waals surface area contributed by atoms with E-state index in [0.29, 0.717) is 0 Å². The highest BCUT2D eigenvalue weighted by atomic mass is 32.1. The minimum Gasteiger partial charge on any atom is -0.323 e. The molecule has 0 atom stereocenters. The standard InChI is InChI=1S/C8H6S.C2H7N/c1-2-4-8-7(3-1)5-6-9-8;1-3-2/h1-6H;3H,1-2H3. The maximum absolute atomic E-state index is 2.75. The molecule has 0 unspecified atom stereocenters. The van der Waals surface area contributed by atoms with E-state index in [9.17, 15) is 0 Å². The lowest BCUT2D eigenvalue weighted by Gasteiger charge is -1.82. The number of fused-ring (bicyclic) bond motifs is 1. The normalized spacial score (nSPS) is 9.17. The molecule has 2 rings (SSSR count). The van der Waals surface area contributed by atoms with Crippen molar-refractivity contribution in [1.29, 1.82) is 0 Å². The Hall–Kier alpha value is -0.860. The van der Waals surface area contributed by atoms with Crippen LogP contribution in [0.25, 0.3) is 10.1 Å². The summed E-state index contributed by atoms with van der Waals surface area (Å²) in [6.45, 7) is 0. The van der Waals surface area contributed by atoms with Crippen LogP contribution in [-0.4, -0.2) is 14.1 Å². The van der Waals surface area contributed by atoms with Crippen molar-refractivity contribution in [2.24, 2.45) is 0 Å². The Balaban J connectivity index is 0.000000213. The molecule has 0 spiro atoms. The van der Waals surface area contributed by atoms with Gasteiger partial charge in [0.25, 0.3) is 0 Å². The Morgan fingerprint density at radius 3 is 2.42 bits per heavy atom. The van der Waals surface area contributed by atoms with Crippen molar-refractivity contribution in [3.63, 3.8) is 0 Å². The average Bonchev–Trinajstić information content (AvgIpc) is 2.52. The van der Waals surface area contributed by atoms with Gasteiger partial charge in [0.2, 0.25) is 0 Å². The topological polar surface area (TPSA) is 12.0 Å². The van der Waals surface area contributed by atoms with Crippen LogP contribution in [0.2, 0.25) is 0 Å². The zero-order valence-corrected chi connectivity index (χ0v) is 8.19. The Morgan fingerprint density at radius 2 is 1.75 bits per heavy atom. The van der Waals surface area contributed by atoms with Crippen molar-refractivity contribution in [3.8, 4) is 0 Å². The molecule has 12 heavy (non-hydrogen) atoms. The summed E-state index contributed by atoms with van der Waals surface area (Å²) in [4.78, 5) is 0. The van der Waals surface area contributed by atoms with Gasteiger partial charge in [0.1, 0.15) is 0 Å². The lowest BCUT2D eigenvalue weighted by molar-refractivity contribution is 1.02. The first-order valence-electron chi connectivity index (χ1n) is 3.89. The minimum absolute atomic E-state index is 1.35. The zero-order valence-electron chi connectivity index (χ0n) is 7.37. The minimum atomic E-state index is 1.35. The second-order valence-corrected chi connectivity index (χ2v) is 3.41. The van der Waals surface area contributed by atoms with Crippen LogP contribution in [-0.2, 0) is 0 Å². The van der Waals surface area contributed by atoms with Crippen LogP contribution in [0.15, 0.2) is 35.7 Å². The second-order valence-electron chi connectivity index (χ2n) is 2.46. The molecule has 0 aliphatic rings. The van der Waals surface area contributed by atoms with E-state index in [2.05, 4.69) is 41.0 Å². The zero-order chi connectivity index (χ0) is 8.81. The third-order valence-corrected chi connectivity index (χ3v) is 2.26. The van der Waals surface area contributed by atoms with Gasteiger partial charge in [-0.15, -0.1) is 11.3 Å². The Bertz CT molecular complexity index is 297. The van der Waals surface area contributed by atoms with Gasteiger partial charge in [-0.3, -0.25) is 0 Å². The van der Waals surface area contributed by atoms with E-state index in [-0.39, 0.29) is 0 Å². The van der Waals surface area contributed by atoms with Crippen molar-refractivity contribution in [3.05, 3.63) is 35.7 Å². The van der Waals surface area contributed by atoms with Gasteiger partial charge in [-0.05, 0) is 37.0 Å². The van der Waals surface area contributed by atoms with Gasteiger partial charge in [-0.25, -0.2) is 0 Å². The van der Waals surface area contributed by atoms with E-state index in [4.69, 9.17) is 0 Å². The number of hydrogen-bond donors (Lipinski definition) is 1. The van der Waals surface area contributed by atoms with E-state index >= 15 is 0 Å². The van der Waals surface area contributed by atoms with Crippen LogP contribution in [0.3, 0.4) is 0 Å². The van der Waals surface area contributed by atoms with Gasteiger partial charge in [0.05, 0.1) is 0 Å². The smallest absolute Gasteiger partial charge is 0.0342 e. The van der Waals surface area contributed by atoms with Crippen LogP contribution in [0, 0.1) is 0 Å². The fourth-order valence-corrected chi connectivity index (χ4v) is 1.70. The predicted octanol–water partition coefficient (Wildman–Crippen LogP) is 2.74. The van der Waals surface area contributed by atoms with Crippen LogP contribution in [0.5, 0.6) is 0 Å². The summed E-state index contributed by atoms with van der Waals surface area (Å²) >= 11 is 1.79. The van der Waals surface area contributed by atoms with Crippen LogP contribution < -0.4 is 5.32 Å². The van der Waals surface area contributed by atoms with Crippen molar-refractivity contribution >= 4 is 21.4 Å². The first kappa shape index (κ1) is 9.23. The van der Waals surface area contributed by atoms with Gasteiger partial charge < -0.3 is 5.32 Å². The summed E-state index contributed by atoms with van der Waals surface area (Å²) in [6, 6.07) is 10.5. The van der Waals surface area contributed by atoms with E-state index in [1.54, 1.807) is 11.3 Å². The number of thiophene rings is 1. The molecule has 1 N–H and O–H groups in total. The predicted molar refractivity (Wildman–Crippen MR) is 56.8 cm³/mol. The Kier molecular flexibility index (Phi) is 3.77. The molecule has 0 saturated heterocycles. The van der Waals surface area contributed by atoms with Crippen LogP contribution in [0.1, 0.15) is 0 Å². The molecule has 0 bridgehead atoms. The van der Waals surface area contributed by atoms with Crippen molar-refractivity contribution in [1.82, 2.24) is 5.32 Å². The lowest BCUT2D eigenvalue weighted by atomic mass is 10.3. The van der Waals surface area contributed by atoms with Gasteiger partial charge in [0, 0.05) is 4.70 Å². The average molecular weight is 179 g/mol. The molecule has 1 aromatic heterocycles. The molecule has 2 aromatic rings. The molecule has 0 saturated carbocycles. The number of rotatable bonds is 0. The van der Waals surface area contributed by atoms with E-state index < -0.39 is 0 Å². The quantitative estimate of drug-likeness (QED) is 0.655. The van der Waals surface area contributed by atoms with Crippen molar-refractivity contribution in [2.75, 3.05) is 14.1 Å². The molecular formula is C10H13NS. The summed E-state index contributed by atoms with van der Waals surface area (Å²) in [6.07, 6.45) is 0. The van der Waals surface area contributed by atoms with Crippen molar-refractivity contribution < 1.29 is 0 Å². The summed E-state index contributed by atoms with van der Waals surface area (Å²) in [5, 5.41) is 6.22. The third kappa shape index (κ3) is 2.32. The van der Waals surface area contributed by atoms with Crippen LogP contribution in [0.4, 0.5) is 0 Å². The van der Waals surface area contributed by atoms with Gasteiger partial charge in [-0.2, -0.15) is 0 Å². The monoisotopic (exact) mass is 179 g/mol. The molecule has 1 aromatic carbocycles. The Labute approximate surface area is 77.0 Å². The second kappa shape index (κ2) is 4.91. The molecule has 0 fully saturated rings. The summed E-state index contributed by atoms with van der Waals surface area (Å²) in [7, 11) is 3.75. The molecule has 0 radical (unpaired) electrons. The summed E-state index contributed by atoms with van der Waals surface area (Å²) in [5.74, 6) is 0. The molecule has 0 aliphatic carbocycles. The molecule has 0 aliphatic heterocycles. The fraction of sp³-hybridized carbons (Fsp3) is 0.200. The maximum Gasteiger partial charge on any atom is 0.0342 e. The lowest BCUT2D eigenvalue weighted by Crippen LogP contribution is -1.89. The Morgan fingerprint density at radius 1 is 1.08 bits per heavy atom. The van der Waals surface area contributed by atoms with E-state index in [1.807, 2.05) is 14.1 Å². The van der Waals surface area contributed by atoms with E-state index in [0.717, 1.165) is 0 Å². The largest absolute Gasteiger partial charge is 0.323 e. The highest BCUT2D eigenvalue weighted by molar-refractivity contribution is 7.17. The number of benzene rings is 1. The van der Waals surface area contributed by atoms with E-state index in [1.165, 1.54) is 10.1 Å². The van der Waals surface area contributed by atoms with Gasteiger partial charge in [-0.1, -0.05) is 18.2 Å². The third-order valence-electron chi connectivity index (χ3n) is 1.36. The SMILES string of the molecule is CNC.c1ccc2sccc2c1. The maximum atomic E-state index is 2.75. The molecular weight excluding hydrogens is 166 g/mol. The first-order valence-corrected chi connectivity index (χ1v) is 4.77. The fourth-order valence-electron chi connectivity index (χ4n) is 0.906. The van der Waals surface area contributed by atoms with Gasteiger partial charge >= 0.3 is 0 Å². The van der Waals surface area contributed by atoms with Gasteiger partial charge in [0.15, 0.2) is 0 Å². The molecule has 1 nitrogen and oxygen atoms in total. The molecule has 1 heterocycles.